The number of rotatable bonds is 5. The van der Waals surface area contributed by atoms with E-state index in [4.69, 9.17) is 0 Å². The van der Waals surface area contributed by atoms with Crippen LogP contribution in [0, 0.1) is 11.6 Å². The van der Waals surface area contributed by atoms with Gasteiger partial charge < -0.3 is 15.2 Å². The highest BCUT2D eigenvalue weighted by Gasteiger charge is 2.17. The molecule has 0 unspecified atom stereocenters. The Morgan fingerprint density at radius 3 is 2.60 bits per heavy atom. The molecule has 0 saturated heterocycles. The molecule has 0 saturated carbocycles. The number of nitrogens with zero attached hydrogens (tertiary/aromatic N) is 1. The molecule has 6 heteroatoms. The van der Waals surface area contributed by atoms with Gasteiger partial charge >= 0.3 is 0 Å². The van der Waals surface area contributed by atoms with Crippen LogP contribution in [0.5, 0.6) is 0 Å². The summed E-state index contributed by atoms with van der Waals surface area (Å²) < 4.78 is 26.7. The molecular formula is C19H19F2N3O. The molecule has 2 N–H and O–H groups in total. The van der Waals surface area contributed by atoms with Crippen LogP contribution in [0.2, 0.25) is 0 Å². The Kier molecular flexibility index (Phi) is 4.81. The first kappa shape index (κ1) is 17.1. The van der Waals surface area contributed by atoms with Crippen LogP contribution in [0.1, 0.15) is 22.1 Å². The number of nitrogens with one attached hydrogen (secondary N) is 2. The molecule has 2 aromatic carbocycles. The van der Waals surface area contributed by atoms with E-state index < -0.39 is 0 Å². The van der Waals surface area contributed by atoms with Gasteiger partial charge in [-0.3, -0.25) is 4.79 Å². The van der Waals surface area contributed by atoms with E-state index >= 15 is 0 Å². The van der Waals surface area contributed by atoms with Gasteiger partial charge in [-0.2, -0.15) is 0 Å². The molecule has 130 valence electrons. The van der Waals surface area contributed by atoms with Crippen molar-refractivity contribution in [3.63, 3.8) is 0 Å². The summed E-state index contributed by atoms with van der Waals surface area (Å²) >= 11 is 0. The van der Waals surface area contributed by atoms with Gasteiger partial charge in [0.1, 0.15) is 17.3 Å². The van der Waals surface area contributed by atoms with Crippen molar-refractivity contribution < 1.29 is 13.6 Å². The monoisotopic (exact) mass is 343 g/mol. The molecule has 0 aliphatic rings. The highest BCUT2D eigenvalue weighted by Crippen LogP contribution is 2.19. The predicted molar refractivity (Wildman–Crippen MR) is 93.4 cm³/mol. The minimum absolute atomic E-state index is 0.165. The van der Waals surface area contributed by atoms with Gasteiger partial charge in [-0.05, 0) is 56.1 Å². The summed E-state index contributed by atoms with van der Waals surface area (Å²) in [5, 5.41) is 3.48. The summed E-state index contributed by atoms with van der Waals surface area (Å²) in [6, 6.07) is 12.1. The van der Waals surface area contributed by atoms with E-state index in [-0.39, 0.29) is 23.6 Å². The van der Waals surface area contributed by atoms with Crippen molar-refractivity contribution in [2.24, 2.45) is 0 Å². The SMILES string of the molecule is CN(C)[C@@H](CNC(=O)c1cc2cc(F)ccc2[nH]1)c1cccc(F)c1. The van der Waals surface area contributed by atoms with Crippen molar-refractivity contribution >= 4 is 16.8 Å². The average Bonchev–Trinajstić information content (AvgIpc) is 2.97. The number of benzene rings is 2. The van der Waals surface area contributed by atoms with Crippen LogP contribution in [0.3, 0.4) is 0 Å². The van der Waals surface area contributed by atoms with E-state index in [9.17, 15) is 13.6 Å². The van der Waals surface area contributed by atoms with Crippen molar-refractivity contribution in [2.75, 3.05) is 20.6 Å². The van der Waals surface area contributed by atoms with Crippen LogP contribution < -0.4 is 5.32 Å². The Balaban J connectivity index is 1.74. The molecule has 1 heterocycles. The topological polar surface area (TPSA) is 48.1 Å². The Morgan fingerprint density at radius 2 is 1.88 bits per heavy atom. The number of amides is 1. The molecule has 4 nitrogen and oxygen atoms in total. The lowest BCUT2D eigenvalue weighted by molar-refractivity contribution is 0.0937. The zero-order valence-corrected chi connectivity index (χ0v) is 14.0. The summed E-state index contributed by atoms with van der Waals surface area (Å²) in [5.41, 5.74) is 1.84. The van der Waals surface area contributed by atoms with Gasteiger partial charge in [0, 0.05) is 17.4 Å². The van der Waals surface area contributed by atoms with E-state index in [1.54, 1.807) is 18.2 Å². The molecule has 3 aromatic rings. The van der Waals surface area contributed by atoms with Crippen LogP contribution >= 0.6 is 0 Å². The number of aromatic nitrogens is 1. The van der Waals surface area contributed by atoms with E-state index in [2.05, 4.69) is 10.3 Å². The zero-order valence-electron chi connectivity index (χ0n) is 14.0. The van der Waals surface area contributed by atoms with Crippen LogP contribution in [-0.2, 0) is 0 Å². The maximum atomic E-state index is 13.5. The van der Waals surface area contributed by atoms with Gasteiger partial charge in [0.15, 0.2) is 0 Å². The second kappa shape index (κ2) is 7.03. The molecule has 0 bridgehead atoms. The fourth-order valence-electron chi connectivity index (χ4n) is 2.82. The van der Waals surface area contributed by atoms with Gasteiger partial charge in [-0.25, -0.2) is 8.78 Å². The second-order valence-electron chi connectivity index (χ2n) is 6.16. The molecule has 0 aliphatic carbocycles. The third kappa shape index (κ3) is 3.85. The van der Waals surface area contributed by atoms with Gasteiger partial charge in [-0.1, -0.05) is 12.1 Å². The largest absolute Gasteiger partial charge is 0.351 e. The number of hydrogen-bond acceptors (Lipinski definition) is 2. The van der Waals surface area contributed by atoms with Crippen LogP contribution in [-0.4, -0.2) is 36.4 Å². The Bertz CT molecular complexity index is 905. The van der Waals surface area contributed by atoms with Crippen molar-refractivity contribution in [3.05, 3.63) is 71.4 Å². The van der Waals surface area contributed by atoms with E-state index in [0.717, 1.165) is 5.56 Å². The van der Waals surface area contributed by atoms with E-state index in [0.29, 0.717) is 23.1 Å². The Hall–Kier alpha value is -2.73. The fraction of sp³-hybridized carbons (Fsp3) is 0.211. The summed E-state index contributed by atoms with van der Waals surface area (Å²) in [7, 11) is 3.74. The molecule has 0 radical (unpaired) electrons. The summed E-state index contributed by atoms with van der Waals surface area (Å²) in [6.07, 6.45) is 0. The minimum atomic E-state index is -0.350. The van der Waals surface area contributed by atoms with Crippen molar-refractivity contribution in [2.45, 2.75) is 6.04 Å². The van der Waals surface area contributed by atoms with E-state index in [1.807, 2.05) is 25.1 Å². The van der Waals surface area contributed by atoms with Crippen molar-refractivity contribution in [1.29, 1.82) is 0 Å². The lowest BCUT2D eigenvalue weighted by Crippen LogP contribution is -2.34. The molecule has 0 fully saturated rings. The number of aromatic amines is 1. The predicted octanol–water partition coefficient (Wildman–Crippen LogP) is 3.48. The Labute approximate surface area is 144 Å². The molecule has 0 spiro atoms. The molecule has 1 amide bonds. The number of halogens is 2. The Morgan fingerprint density at radius 1 is 1.12 bits per heavy atom. The number of H-pyrrole nitrogens is 1. The highest BCUT2D eigenvalue weighted by atomic mass is 19.1. The first-order chi connectivity index (χ1) is 11.9. The fourth-order valence-corrected chi connectivity index (χ4v) is 2.82. The lowest BCUT2D eigenvalue weighted by atomic mass is 10.1. The minimum Gasteiger partial charge on any atom is -0.351 e. The third-order valence-electron chi connectivity index (χ3n) is 4.14. The quantitative estimate of drug-likeness (QED) is 0.745. The van der Waals surface area contributed by atoms with Crippen molar-refractivity contribution in [1.82, 2.24) is 15.2 Å². The molecule has 25 heavy (non-hydrogen) atoms. The van der Waals surface area contributed by atoms with Crippen molar-refractivity contribution in [3.8, 4) is 0 Å². The smallest absolute Gasteiger partial charge is 0.267 e. The summed E-state index contributed by atoms with van der Waals surface area (Å²) in [5.74, 6) is -0.953. The summed E-state index contributed by atoms with van der Waals surface area (Å²) in [6.45, 7) is 0.318. The van der Waals surface area contributed by atoms with Crippen LogP contribution in [0.4, 0.5) is 8.78 Å². The molecule has 0 aliphatic heterocycles. The second-order valence-corrected chi connectivity index (χ2v) is 6.16. The first-order valence-electron chi connectivity index (χ1n) is 7.92. The van der Waals surface area contributed by atoms with Gasteiger partial charge in [0.05, 0.1) is 6.04 Å². The summed E-state index contributed by atoms with van der Waals surface area (Å²) in [4.78, 5) is 17.3. The highest BCUT2D eigenvalue weighted by molar-refractivity contribution is 5.98. The number of fused-ring (bicyclic) bond motifs is 1. The van der Waals surface area contributed by atoms with Crippen LogP contribution in [0.15, 0.2) is 48.5 Å². The first-order valence-corrected chi connectivity index (χ1v) is 7.92. The van der Waals surface area contributed by atoms with Gasteiger partial charge in [-0.15, -0.1) is 0 Å². The van der Waals surface area contributed by atoms with E-state index in [1.165, 1.54) is 24.3 Å². The third-order valence-corrected chi connectivity index (χ3v) is 4.14. The molecular weight excluding hydrogens is 324 g/mol. The number of carbonyl (C=O) groups is 1. The lowest BCUT2D eigenvalue weighted by Gasteiger charge is -2.25. The molecule has 1 atom stereocenters. The van der Waals surface area contributed by atoms with Crippen LogP contribution in [0.25, 0.3) is 10.9 Å². The van der Waals surface area contributed by atoms with Gasteiger partial charge in [0.25, 0.3) is 5.91 Å². The standard InChI is InChI=1S/C19H19F2N3O/c1-24(2)18(12-4-3-5-14(20)8-12)11-22-19(25)17-10-13-9-15(21)6-7-16(13)23-17/h3-10,18,23H,11H2,1-2H3,(H,22,25)/t18-/m0/s1. The normalized spacial score (nSPS) is 12.5. The molecule has 1 aromatic heterocycles. The average molecular weight is 343 g/mol. The number of likely N-dealkylation sites (N-methyl/N-ethyl adjacent to an activating group) is 1. The van der Waals surface area contributed by atoms with Gasteiger partial charge in [0.2, 0.25) is 0 Å². The zero-order chi connectivity index (χ0) is 18.0. The number of hydrogen-bond donors (Lipinski definition) is 2. The molecule has 3 rings (SSSR count). The maximum absolute atomic E-state index is 13.5. The maximum Gasteiger partial charge on any atom is 0.267 e. The number of carbonyl (C=O) groups excluding carboxylic acids is 1.